The molecule has 3 heteroatoms. The van der Waals surface area contributed by atoms with Gasteiger partial charge in [0.2, 0.25) is 0 Å². The van der Waals surface area contributed by atoms with Crippen LogP contribution in [0.4, 0.5) is 0 Å². The van der Waals surface area contributed by atoms with Crippen LogP contribution in [0.3, 0.4) is 0 Å². The Morgan fingerprint density at radius 2 is 2.12 bits per heavy atom. The molecule has 2 N–H and O–H groups in total. The first-order valence-corrected chi connectivity index (χ1v) is 6.91. The third-order valence-corrected chi connectivity index (χ3v) is 5.57. The molecule has 2 heterocycles. The van der Waals surface area contributed by atoms with Crippen LogP contribution in [0.1, 0.15) is 32.1 Å². The van der Waals surface area contributed by atoms with E-state index in [2.05, 4.69) is 16.8 Å². The van der Waals surface area contributed by atoms with E-state index in [1.54, 1.807) is 0 Å². The van der Waals surface area contributed by atoms with Crippen LogP contribution in [-0.4, -0.2) is 54.6 Å². The fourth-order valence-electron chi connectivity index (χ4n) is 4.04. The molecular formula is C13H25N3. The maximum atomic E-state index is 6.18. The van der Waals surface area contributed by atoms with E-state index in [9.17, 15) is 0 Å². The first kappa shape index (κ1) is 11.0. The van der Waals surface area contributed by atoms with Gasteiger partial charge in [0.25, 0.3) is 0 Å². The lowest BCUT2D eigenvalue weighted by molar-refractivity contribution is -0.0246. The zero-order valence-electron chi connectivity index (χ0n) is 10.5. The molecule has 92 valence electrons. The second kappa shape index (κ2) is 3.97. The van der Waals surface area contributed by atoms with Gasteiger partial charge in [0.15, 0.2) is 0 Å². The van der Waals surface area contributed by atoms with Gasteiger partial charge in [-0.05, 0) is 51.7 Å². The summed E-state index contributed by atoms with van der Waals surface area (Å²) in [7, 11) is 2.34. The predicted molar refractivity (Wildman–Crippen MR) is 66.4 cm³/mol. The summed E-state index contributed by atoms with van der Waals surface area (Å²) in [4.78, 5) is 5.29. The Labute approximate surface area is 99.0 Å². The summed E-state index contributed by atoms with van der Waals surface area (Å²) >= 11 is 0. The van der Waals surface area contributed by atoms with Gasteiger partial charge in [0, 0.05) is 24.7 Å². The molecule has 16 heavy (non-hydrogen) atoms. The molecule has 3 nitrogen and oxygen atoms in total. The first-order valence-electron chi connectivity index (χ1n) is 6.91. The van der Waals surface area contributed by atoms with Gasteiger partial charge >= 0.3 is 0 Å². The number of hydrogen-bond acceptors (Lipinski definition) is 3. The molecule has 3 unspecified atom stereocenters. The Hall–Kier alpha value is -0.120. The van der Waals surface area contributed by atoms with E-state index in [0.29, 0.717) is 5.54 Å². The lowest BCUT2D eigenvalue weighted by Gasteiger charge is -2.53. The van der Waals surface area contributed by atoms with Crippen LogP contribution in [0.15, 0.2) is 0 Å². The van der Waals surface area contributed by atoms with Gasteiger partial charge in [-0.3, -0.25) is 4.90 Å². The van der Waals surface area contributed by atoms with Crippen molar-refractivity contribution in [1.82, 2.24) is 9.80 Å². The molecule has 3 aliphatic rings. The van der Waals surface area contributed by atoms with Gasteiger partial charge in [-0.15, -0.1) is 0 Å². The summed E-state index contributed by atoms with van der Waals surface area (Å²) in [6.07, 6.45) is 6.88. The van der Waals surface area contributed by atoms with Crippen molar-refractivity contribution in [2.45, 2.75) is 43.7 Å². The highest BCUT2D eigenvalue weighted by molar-refractivity contribution is 5.06. The third-order valence-electron chi connectivity index (χ3n) is 5.57. The van der Waals surface area contributed by atoms with Gasteiger partial charge in [-0.25, -0.2) is 0 Å². The predicted octanol–water partition coefficient (Wildman–Crippen LogP) is 0.894. The smallest absolute Gasteiger partial charge is 0.0384 e. The highest BCUT2D eigenvalue weighted by Crippen LogP contribution is 2.42. The van der Waals surface area contributed by atoms with E-state index in [-0.39, 0.29) is 0 Å². The zero-order chi connectivity index (χ0) is 11.2. The van der Waals surface area contributed by atoms with E-state index in [0.717, 1.165) is 18.5 Å². The SMILES string of the molecule is CN(C1CCC1)C1(CN)CCN2CCC1C2. The number of piperidine rings is 1. The minimum absolute atomic E-state index is 0.331. The number of hydrogen-bond donors (Lipinski definition) is 1. The van der Waals surface area contributed by atoms with Crippen molar-refractivity contribution in [2.24, 2.45) is 11.7 Å². The van der Waals surface area contributed by atoms with Crippen LogP contribution < -0.4 is 5.73 Å². The number of rotatable bonds is 3. The largest absolute Gasteiger partial charge is 0.329 e. The molecule has 1 saturated carbocycles. The van der Waals surface area contributed by atoms with Crippen molar-refractivity contribution < 1.29 is 0 Å². The van der Waals surface area contributed by atoms with E-state index in [4.69, 9.17) is 5.73 Å². The molecule has 1 aliphatic carbocycles. The highest BCUT2D eigenvalue weighted by atomic mass is 15.3. The summed E-state index contributed by atoms with van der Waals surface area (Å²) in [6.45, 7) is 4.74. The fraction of sp³-hybridized carbons (Fsp3) is 1.00. The summed E-state index contributed by atoms with van der Waals surface area (Å²) < 4.78 is 0. The Kier molecular flexibility index (Phi) is 2.73. The second-order valence-corrected chi connectivity index (χ2v) is 6.04. The lowest BCUT2D eigenvalue weighted by atomic mass is 9.75. The molecule has 0 spiro atoms. The van der Waals surface area contributed by atoms with E-state index in [1.807, 2.05) is 0 Å². The minimum Gasteiger partial charge on any atom is -0.329 e. The molecule has 2 saturated heterocycles. The van der Waals surface area contributed by atoms with Gasteiger partial charge in [0.05, 0.1) is 0 Å². The van der Waals surface area contributed by atoms with E-state index >= 15 is 0 Å². The zero-order valence-corrected chi connectivity index (χ0v) is 10.5. The number of likely N-dealkylation sites (N-methyl/N-ethyl adjacent to an activating group) is 1. The maximum Gasteiger partial charge on any atom is 0.0384 e. The van der Waals surface area contributed by atoms with Gasteiger partial charge in [-0.1, -0.05) is 6.42 Å². The van der Waals surface area contributed by atoms with Gasteiger partial charge < -0.3 is 10.6 Å². The van der Waals surface area contributed by atoms with Crippen molar-refractivity contribution in [1.29, 1.82) is 0 Å². The van der Waals surface area contributed by atoms with Crippen molar-refractivity contribution in [3.63, 3.8) is 0 Å². The number of nitrogens with zero attached hydrogens (tertiary/aromatic N) is 2. The molecule has 0 amide bonds. The van der Waals surface area contributed by atoms with Gasteiger partial charge in [-0.2, -0.15) is 0 Å². The Morgan fingerprint density at radius 3 is 2.75 bits per heavy atom. The van der Waals surface area contributed by atoms with Crippen LogP contribution in [0, 0.1) is 5.92 Å². The average Bonchev–Trinajstić information content (AvgIpc) is 2.61. The summed E-state index contributed by atoms with van der Waals surface area (Å²) in [5.41, 5.74) is 6.51. The van der Waals surface area contributed by atoms with Crippen LogP contribution in [-0.2, 0) is 0 Å². The number of nitrogens with two attached hydrogens (primary N) is 1. The third kappa shape index (κ3) is 1.45. The lowest BCUT2D eigenvalue weighted by Crippen LogP contribution is -2.64. The molecule has 0 radical (unpaired) electrons. The summed E-state index contributed by atoms with van der Waals surface area (Å²) in [5.74, 6) is 0.830. The standard InChI is InChI=1S/C13H25N3/c1-15(12-3-2-4-12)13(10-14)6-8-16-7-5-11(13)9-16/h11-12H,2-10,14H2,1H3. The molecule has 2 aliphatic heterocycles. The fourth-order valence-corrected chi connectivity index (χ4v) is 4.04. The molecule has 0 aromatic rings. The quantitative estimate of drug-likeness (QED) is 0.771. The molecule has 3 fully saturated rings. The molecular weight excluding hydrogens is 198 g/mol. The molecule has 0 aromatic heterocycles. The molecule has 3 rings (SSSR count). The van der Waals surface area contributed by atoms with Crippen molar-refractivity contribution in [2.75, 3.05) is 33.2 Å². The normalized spacial score (nSPS) is 43.7. The minimum atomic E-state index is 0.331. The van der Waals surface area contributed by atoms with Crippen molar-refractivity contribution in [3.05, 3.63) is 0 Å². The Morgan fingerprint density at radius 1 is 1.31 bits per heavy atom. The molecule has 0 aromatic carbocycles. The van der Waals surface area contributed by atoms with Crippen LogP contribution in [0.25, 0.3) is 0 Å². The van der Waals surface area contributed by atoms with E-state index in [1.165, 1.54) is 51.7 Å². The monoisotopic (exact) mass is 223 g/mol. The van der Waals surface area contributed by atoms with Crippen LogP contribution in [0.5, 0.6) is 0 Å². The number of fused-ring (bicyclic) bond motifs is 2. The maximum absolute atomic E-state index is 6.18. The average molecular weight is 223 g/mol. The van der Waals surface area contributed by atoms with Gasteiger partial charge in [0.1, 0.15) is 0 Å². The second-order valence-electron chi connectivity index (χ2n) is 6.04. The van der Waals surface area contributed by atoms with Crippen molar-refractivity contribution >= 4 is 0 Å². The highest BCUT2D eigenvalue weighted by Gasteiger charge is 2.49. The molecule has 2 bridgehead atoms. The van der Waals surface area contributed by atoms with E-state index < -0.39 is 0 Å². The Bertz CT molecular complexity index is 264. The molecule has 3 atom stereocenters. The van der Waals surface area contributed by atoms with Crippen LogP contribution >= 0.6 is 0 Å². The van der Waals surface area contributed by atoms with Crippen molar-refractivity contribution in [3.8, 4) is 0 Å². The van der Waals surface area contributed by atoms with Crippen LogP contribution in [0.2, 0.25) is 0 Å². The summed E-state index contributed by atoms with van der Waals surface area (Å²) in [6, 6.07) is 0.829. The Balaban J connectivity index is 1.80. The summed E-state index contributed by atoms with van der Waals surface area (Å²) in [5, 5.41) is 0. The first-order chi connectivity index (χ1) is 7.76. The topological polar surface area (TPSA) is 32.5 Å².